The van der Waals surface area contributed by atoms with Gasteiger partial charge in [0.05, 0.1) is 0 Å². The minimum Gasteiger partial charge on any atom is -0.346 e. The highest BCUT2D eigenvalue weighted by atomic mass is 19.4. The Morgan fingerprint density at radius 3 is 2.73 bits per heavy atom. The van der Waals surface area contributed by atoms with E-state index in [4.69, 9.17) is 5.73 Å². The van der Waals surface area contributed by atoms with Gasteiger partial charge >= 0.3 is 6.18 Å². The molecular weight excluding hydrogens is 353 g/mol. The van der Waals surface area contributed by atoms with Crippen molar-refractivity contribution >= 4 is 5.91 Å². The number of nitrogens with two attached hydrogens (primary N) is 1. The molecule has 1 fully saturated rings. The molecule has 2 aromatic rings. The van der Waals surface area contributed by atoms with Crippen LogP contribution < -0.4 is 11.1 Å². The maximum absolute atomic E-state index is 12.6. The summed E-state index contributed by atoms with van der Waals surface area (Å²) in [7, 11) is 0. The molecule has 2 aromatic heterocycles. The van der Waals surface area contributed by atoms with Gasteiger partial charge in [-0.05, 0) is 32.2 Å². The molecule has 142 valence electrons. The standard InChI is InChI=1S/C14H19F3N8O/c1-7-19-10(11(26)20-9-5-3-2-4-8(9)6-18)24-25(7)13-21-12(22-23-13)14(15,16)17/h8-9H,2-6,18H2,1H3,(H,20,26)(H,21,22,23). The lowest BCUT2D eigenvalue weighted by Crippen LogP contribution is -2.45. The number of H-pyrrole nitrogens is 1. The molecule has 0 spiro atoms. The number of rotatable bonds is 4. The Bertz CT molecular complexity index is 783. The van der Waals surface area contributed by atoms with E-state index in [1.807, 2.05) is 0 Å². The summed E-state index contributed by atoms with van der Waals surface area (Å²) in [5.74, 6) is -1.84. The summed E-state index contributed by atoms with van der Waals surface area (Å²) in [6.07, 6.45) is -0.812. The van der Waals surface area contributed by atoms with E-state index in [0.29, 0.717) is 6.54 Å². The van der Waals surface area contributed by atoms with Crippen LogP contribution >= 0.6 is 0 Å². The number of halogens is 3. The Labute approximate surface area is 146 Å². The summed E-state index contributed by atoms with van der Waals surface area (Å²) in [5, 5.41) is 12.1. The zero-order valence-electron chi connectivity index (χ0n) is 14.0. The van der Waals surface area contributed by atoms with Gasteiger partial charge in [-0.3, -0.25) is 9.89 Å². The number of aryl methyl sites for hydroxylation is 1. The summed E-state index contributed by atoms with van der Waals surface area (Å²) in [4.78, 5) is 19.8. The van der Waals surface area contributed by atoms with Crippen molar-refractivity contribution in [2.75, 3.05) is 6.54 Å². The first-order valence-corrected chi connectivity index (χ1v) is 8.24. The summed E-state index contributed by atoms with van der Waals surface area (Å²) < 4.78 is 38.9. The summed E-state index contributed by atoms with van der Waals surface area (Å²) >= 11 is 0. The van der Waals surface area contributed by atoms with Crippen LogP contribution in [-0.4, -0.2) is 48.4 Å². The van der Waals surface area contributed by atoms with Crippen LogP contribution in [0.5, 0.6) is 0 Å². The number of carbonyl (C=O) groups is 1. The Morgan fingerprint density at radius 2 is 2.08 bits per heavy atom. The third kappa shape index (κ3) is 3.69. The maximum Gasteiger partial charge on any atom is 0.451 e. The number of alkyl halides is 3. The molecule has 0 radical (unpaired) electrons. The third-order valence-electron chi connectivity index (χ3n) is 4.43. The predicted octanol–water partition coefficient (Wildman–Crippen LogP) is 0.960. The van der Waals surface area contributed by atoms with E-state index in [9.17, 15) is 18.0 Å². The van der Waals surface area contributed by atoms with Crippen molar-refractivity contribution in [3.05, 3.63) is 17.5 Å². The number of carbonyl (C=O) groups excluding carboxylic acids is 1. The van der Waals surface area contributed by atoms with Gasteiger partial charge in [0.2, 0.25) is 11.6 Å². The Hall–Kier alpha value is -2.50. The minimum atomic E-state index is -4.65. The number of amides is 1. The SMILES string of the molecule is Cc1nc(C(=O)NC2CCCCC2CN)nn1-c1n[nH]c(C(F)(F)F)n1. The molecule has 4 N–H and O–H groups in total. The van der Waals surface area contributed by atoms with Crippen LogP contribution in [0.2, 0.25) is 0 Å². The van der Waals surface area contributed by atoms with Crippen molar-refractivity contribution in [3.63, 3.8) is 0 Å². The van der Waals surface area contributed by atoms with Gasteiger partial charge in [-0.15, -0.1) is 10.2 Å². The Morgan fingerprint density at radius 1 is 1.35 bits per heavy atom. The molecule has 1 aliphatic rings. The zero-order valence-corrected chi connectivity index (χ0v) is 14.0. The quantitative estimate of drug-likeness (QED) is 0.734. The second-order valence-corrected chi connectivity index (χ2v) is 6.24. The van der Waals surface area contributed by atoms with Crippen LogP contribution in [0, 0.1) is 12.8 Å². The van der Waals surface area contributed by atoms with Gasteiger partial charge in [0.15, 0.2) is 0 Å². The fourth-order valence-electron chi connectivity index (χ4n) is 3.06. The maximum atomic E-state index is 12.6. The molecule has 0 aromatic carbocycles. The van der Waals surface area contributed by atoms with Gasteiger partial charge in [-0.1, -0.05) is 12.8 Å². The average Bonchev–Trinajstić information content (AvgIpc) is 3.21. The third-order valence-corrected chi connectivity index (χ3v) is 4.43. The van der Waals surface area contributed by atoms with Gasteiger partial charge < -0.3 is 11.1 Å². The largest absolute Gasteiger partial charge is 0.451 e. The molecule has 12 heteroatoms. The number of nitrogens with one attached hydrogen (secondary N) is 2. The van der Waals surface area contributed by atoms with Crippen molar-refractivity contribution in [2.24, 2.45) is 11.7 Å². The number of nitrogens with zero attached hydrogens (tertiary/aromatic N) is 5. The first-order valence-electron chi connectivity index (χ1n) is 8.24. The fraction of sp³-hybridized carbons (Fsp3) is 0.643. The number of hydrogen-bond donors (Lipinski definition) is 3. The van der Waals surface area contributed by atoms with Crippen LogP contribution in [0.25, 0.3) is 5.95 Å². The van der Waals surface area contributed by atoms with Crippen LogP contribution in [-0.2, 0) is 6.18 Å². The van der Waals surface area contributed by atoms with Crippen molar-refractivity contribution in [1.29, 1.82) is 0 Å². The molecule has 0 saturated heterocycles. The highest BCUT2D eigenvalue weighted by Crippen LogP contribution is 2.26. The van der Waals surface area contributed by atoms with Gasteiger partial charge in [0.1, 0.15) is 5.82 Å². The van der Waals surface area contributed by atoms with Crippen molar-refractivity contribution in [3.8, 4) is 5.95 Å². The summed E-state index contributed by atoms with van der Waals surface area (Å²) in [6.45, 7) is 1.97. The van der Waals surface area contributed by atoms with E-state index in [2.05, 4.69) is 25.5 Å². The number of aromatic nitrogens is 6. The van der Waals surface area contributed by atoms with E-state index >= 15 is 0 Å². The molecule has 1 amide bonds. The van der Waals surface area contributed by atoms with E-state index in [-0.39, 0.29) is 29.6 Å². The molecule has 0 aliphatic heterocycles. The minimum absolute atomic E-state index is 0.0613. The Balaban J connectivity index is 1.77. The molecule has 2 atom stereocenters. The molecule has 3 rings (SSSR count). The normalized spacial score (nSPS) is 21.0. The average molecular weight is 372 g/mol. The highest BCUT2D eigenvalue weighted by Gasteiger charge is 2.36. The molecule has 0 bridgehead atoms. The molecule has 26 heavy (non-hydrogen) atoms. The number of aromatic amines is 1. The van der Waals surface area contributed by atoms with Crippen LogP contribution in [0.4, 0.5) is 13.2 Å². The Kier molecular flexibility index (Phi) is 4.94. The van der Waals surface area contributed by atoms with E-state index in [1.165, 1.54) is 6.92 Å². The summed E-state index contributed by atoms with van der Waals surface area (Å²) in [5.41, 5.74) is 5.75. The molecule has 9 nitrogen and oxygen atoms in total. The fourth-order valence-corrected chi connectivity index (χ4v) is 3.06. The van der Waals surface area contributed by atoms with Crippen molar-refractivity contribution < 1.29 is 18.0 Å². The summed E-state index contributed by atoms with van der Waals surface area (Å²) in [6, 6.07) is -0.0613. The number of hydrogen-bond acceptors (Lipinski definition) is 6. The van der Waals surface area contributed by atoms with Gasteiger partial charge in [-0.2, -0.15) is 22.8 Å². The van der Waals surface area contributed by atoms with Crippen molar-refractivity contribution in [2.45, 2.75) is 44.8 Å². The van der Waals surface area contributed by atoms with Crippen molar-refractivity contribution in [1.82, 2.24) is 35.3 Å². The van der Waals surface area contributed by atoms with Gasteiger partial charge in [-0.25, -0.2) is 4.98 Å². The lowest BCUT2D eigenvalue weighted by molar-refractivity contribution is -0.144. The van der Waals surface area contributed by atoms with Crippen LogP contribution in [0.15, 0.2) is 0 Å². The predicted molar refractivity (Wildman–Crippen MR) is 83.3 cm³/mol. The van der Waals surface area contributed by atoms with E-state index in [0.717, 1.165) is 30.4 Å². The molecule has 1 saturated carbocycles. The lowest BCUT2D eigenvalue weighted by Gasteiger charge is -2.30. The molecule has 2 heterocycles. The second kappa shape index (κ2) is 7.02. The van der Waals surface area contributed by atoms with Crippen LogP contribution in [0.1, 0.15) is 48.0 Å². The first kappa shape index (κ1) is 18.3. The first-order chi connectivity index (χ1) is 12.3. The van der Waals surface area contributed by atoms with Gasteiger partial charge in [0, 0.05) is 6.04 Å². The second-order valence-electron chi connectivity index (χ2n) is 6.24. The van der Waals surface area contributed by atoms with Crippen LogP contribution in [0.3, 0.4) is 0 Å². The van der Waals surface area contributed by atoms with E-state index in [1.54, 1.807) is 5.10 Å². The topological polar surface area (TPSA) is 127 Å². The highest BCUT2D eigenvalue weighted by molar-refractivity contribution is 5.90. The lowest BCUT2D eigenvalue weighted by atomic mass is 9.84. The van der Waals surface area contributed by atoms with E-state index < -0.39 is 17.9 Å². The molecule has 1 aliphatic carbocycles. The monoisotopic (exact) mass is 372 g/mol. The zero-order chi connectivity index (χ0) is 18.9. The van der Waals surface area contributed by atoms with Gasteiger partial charge in [0.25, 0.3) is 11.9 Å². The molecular formula is C14H19F3N8O. The smallest absolute Gasteiger partial charge is 0.346 e. The molecule has 2 unspecified atom stereocenters.